The molecule has 0 aliphatic carbocycles. The third-order valence-electron chi connectivity index (χ3n) is 4.40. The molecule has 0 unspecified atom stereocenters. The van der Waals surface area contributed by atoms with Crippen LogP contribution in [0.25, 0.3) is 0 Å². The fraction of sp³-hybridized carbons (Fsp3) is 0.556. The van der Waals surface area contributed by atoms with Gasteiger partial charge in [0.2, 0.25) is 5.91 Å². The highest BCUT2D eigenvalue weighted by atomic mass is 16.6. The first-order valence-electron chi connectivity index (χ1n) is 8.90. The van der Waals surface area contributed by atoms with Crippen molar-refractivity contribution < 1.29 is 19.1 Å². The van der Waals surface area contributed by atoms with E-state index in [-0.39, 0.29) is 11.9 Å². The van der Waals surface area contributed by atoms with E-state index in [2.05, 4.69) is 10.6 Å². The summed E-state index contributed by atoms with van der Waals surface area (Å²) in [6, 6.07) is 5.40. The summed E-state index contributed by atoms with van der Waals surface area (Å²) in [6.45, 7) is 3.32. The Labute approximate surface area is 147 Å². The van der Waals surface area contributed by atoms with Gasteiger partial charge in [0.25, 0.3) is 0 Å². The molecule has 0 spiro atoms. The van der Waals surface area contributed by atoms with Gasteiger partial charge in [-0.25, -0.2) is 4.79 Å². The number of likely N-dealkylation sites (tertiary alicyclic amines) is 1. The number of urea groups is 1. The van der Waals surface area contributed by atoms with Crippen molar-refractivity contribution in [3.05, 3.63) is 23.8 Å². The van der Waals surface area contributed by atoms with Gasteiger partial charge in [0, 0.05) is 32.6 Å². The van der Waals surface area contributed by atoms with Crippen LogP contribution in [0.3, 0.4) is 0 Å². The molecular formula is C18H25N3O4. The number of ether oxygens (including phenoxy) is 2. The molecule has 0 atom stereocenters. The van der Waals surface area contributed by atoms with Gasteiger partial charge in [-0.2, -0.15) is 0 Å². The van der Waals surface area contributed by atoms with Crippen LogP contribution in [0.5, 0.6) is 11.5 Å². The molecule has 0 bridgehead atoms. The van der Waals surface area contributed by atoms with Gasteiger partial charge in [-0.1, -0.05) is 12.5 Å². The first-order valence-corrected chi connectivity index (χ1v) is 8.90. The number of hydrogen-bond donors (Lipinski definition) is 2. The number of carbonyl (C=O) groups is 2. The largest absolute Gasteiger partial charge is 0.486 e. The van der Waals surface area contributed by atoms with E-state index in [0.717, 1.165) is 37.1 Å². The van der Waals surface area contributed by atoms with E-state index in [1.807, 2.05) is 23.1 Å². The summed E-state index contributed by atoms with van der Waals surface area (Å²) < 4.78 is 11.0. The number of benzene rings is 1. The lowest BCUT2D eigenvalue weighted by Crippen LogP contribution is -2.41. The summed E-state index contributed by atoms with van der Waals surface area (Å²) in [5.74, 6) is 1.64. The zero-order chi connectivity index (χ0) is 17.5. The fourth-order valence-electron chi connectivity index (χ4n) is 3.02. The molecule has 1 fully saturated rings. The van der Waals surface area contributed by atoms with Crippen molar-refractivity contribution in [2.45, 2.75) is 32.2 Å². The summed E-state index contributed by atoms with van der Waals surface area (Å²) in [5.41, 5.74) is 0.946. The Morgan fingerprint density at radius 2 is 1.92 bits per heavy atom. The molecule has 2 heterocycles. The lowest BCUT2D eigenvalue weighted by molar-refractivity contribution is -0.130. The van der Waals surface area contributed by atoms with Crippen LogP contribution in [0.1, 0.15) is 31.2 Å². The Hall–Kier alpha value is -2.44. The summed E-state index contributed by atoms with van der Waals surface area (Å²) in [4.78, 5) is 25.6. The summed E-state index contributed by atoms with van der Waals surface area (Å²) >= 11 is 0. The smallest absolute Gasteiger partial charge is 0.315 e. The fourth-order valence-corrected chi connectivity index (χ4v) is 3.02. The topological polar surface area (TPSA) is 79.9 Å². The molecule has 2 aliphatic rings. The van der Waals surface area contributed by atoms with Gasteiger partial charge in [0.05, 0.1) is 0 Å². The highest BCUT2D eigenvalue weighted by Crippen LogP contribution is 2.30. The minimum atomic E-state index is -0.239. The van der Waals surface area contributed by atoms with Crippen molar-refractivity contribution in [2.24, 2.45) is 0 Å². The number of carbonyl (C=O) groups excluding carboxylic acids is 2. The maximum absolute atomic E-state index is 11.9. The van der Waals surface area contributed by atoms with E-state index in [4.69, 9.17) is 9.47 Å². The lowest BCUT2D eigenvalue weighted by atomic mass is 10.2. The highest BCUT2D eigenvalue weighted by molar-refractivity contribution is 5.76. The van der Waals surface area contributed by atoms with Gasteiger partial charge < -0.3 is 25.0 Å². The minimum Gasteiger partial charge on any atom is -0.486 e. The molecule has 1 aromatic rings. The summed E-state index contributed by atoms with van der Waals surface area (Å²) in [5, 5.41) is 5.62. The van der Waals surface area contributed by atoms with Crippen LogP contribution in [-0.2, 0) is 11.3 Å². The van der Waals surface area contributed by atoms with E-state index >= 15 is 0 Å². The van der Waals surface area contributed by atoms with Crippen molar-refractivity contribution >= 4 is 11.9 Å². The van der Waals surface area contributed by atoms with Crippen LogP contribution >= 0.6 is 0 Å². The van der Waals surface area contributed by atoms with Crippen LogP contribution < -0.4 is 20.1 Å². The van der Waals surface area contributed by atoms with E-state index in [1.54, 1.807) is 0 Å². The molecule has 25 heavy (non-hydrogen) atoms. The molecule has 1 aromatic carbocycles. The van der Waals surface area contributed by atoms with E-state index < -0.39 is 0 Å². The van der Waals surface area contributed by atoms with Gasteiger partial charge in [0.1, 0.15) is 13.2 Å². The molecule has 3 amide bonds. The standard InChI is InChI=1S/C18H25N3O4/c22-17-4-2-1-3-8-21(17)9-7-19-18(23)20-13-14-5-6-15-16(12-14)25-11-10-24-15/h5-6,12H,1-4,7-11,13H2,(H2,19,20,23). The number of amides is 3. The monoisotopic (exact) mass is 347 g/mol. The average molecular weight is 347 g/mol. The Morgan fingerprint density at radius 1 is 1.08 bits per heavy atom. The second kappa shape index (κ2) is 8.60. The molecule has 0 saturated carbocycles. The van der Waals surface area contributed by atoms with Crippen molar-refractivity contribution in [1.82, 2.24) is 15.5 Å². The molecule has 0 radical (unpaired) electrons. The van der Waals surface area contributed by atoms with E-state index in [0.29, 0.717) is 45.0 Å². The number of nitrogens with one attached hydrogen (secondary N) is 2. The quantitative estimate of drug-likeness (QED) is 0.849. The Kier molecular flexibility index (Phi) is 5.98. The normalized spacial score (nSPS) is 17.0. The number of rotatable bonds is 5. The van der Waals surface area contributed by atoms with Crippen LogP contribution in [0.4, 0.5) is 4.79 Å². The molecule has 1 saturated heterocycles. The molecular weight excluding hydrogens is 322 g/mol. The van der Waals surface area contributed by atoms with Gasteiger partial charge in [-0.15, -0.1) is 0 Å². The second-order valence-corrected chi connectivity index (χ2v) is 6.28. The molecule has 3 rings (SSSR count). The predicted octanol–water partition coefficient (Wildman–Crippen LogP) is 1.66. The van der Waals surface area contributed by atoms with Crippen LogP contribution in [0.2, 0.25) is 0 Å². The van der Waals surface area contributed by atoms with Crippen molar-refractivity contribution in [1.29, 1.82) is 0 Å². The second-order valence-electron chi connectivity index (χ2n) is 6.28. The average Bonchev–Trinajstić information content (AvgIpc) is 2.84. The lowest BCUT2D eigenvalue weighted by Gasteiger charge is -2.20. The van der Waals surface area contributed by atoms with Gasteiger partial charge in [-0.05, 0) is 30.5 Å². The maximum atomic E-state index is 11.9. The maximum Gasteiger partial charge on any atom is 0.315 e. The minimum absolute atomic E-state index is 0.191. The summed E-state index contributed by atoms with van der Waals surface area (Å²) in [6.07, 6.45) is 3.74. The molecule has 2 N–H and O–H groups in total. The zero-order valence-corrected chi connectivity index (χ0v) is 14.4. The van der Waals surface area contributed by atoms with Gasteiger partial charge in [0.15, 0.2) is 11.5 Å². The van der Waals surface area contributed by atoms with E-state index in [1.165, 1.54) is 0 Å². The van der Waals surface area contributed by atoms with Crippen molar-refractivity contribution in [2.75, 3.05) is 32.8 Å². The Morgan fingerprint density at radius 3 is 2.80 bits per heavy atom. The van der Waals surface area contributed by atoms with Crippen LogP contribution in [0, 0.1) is 0 Å². The molecule has 7 nitrogen and oxygen atoms in total. The third-order valence-corrected chi connectivity index (χ3v) is 4.40. The highest BCUT2D eigenvalue weighted by Gasteiger charge is 2.16. The Balaban J connectivity index is 1.38. The SMILES string of the molecule is O=C(NCCN1CCCCCC1=O)NCc1ccc2c(c1)OCCO2. The van der Waals surface area contributed by atoms with Crippen LogP contribution in [-0.4, -0.2) is 49.7 Å². The van der Waals surface area contributed by atoms with Gasteiger partial charge in [-0.3, -0.25) is 4.79 Å². The first kappa shape index (κ1) is 17.4. The van der Waals surface area contributed by atoms with Crippen LogP contribution in [0.15, 0.2) is 18.2 Å². The summed E-state index contributed by atoms with van der Waals surface area (Å²) in [7, 11) is 0. The number of hydrogen-bond acceptors (Lipinski definition) is 4. The predicted molar refractivity (Wildman–Crippen MR) is 92.7 cm³/mol. The Bertz CT molecular complexity index is 620. The molecule has 0 aromatic heterocycles. The van der Waals surface area contributed by atoms with E-state index in [9.17, 15) is 9.59 Å². The number of fused-ring (bicyclic) bond motifs is 1. The third kappa shape index (κ3) is 5.01. The van der Waals surface area contributed by atoms with Gasteiger partial charge >= 0.3 is 6.03 Å². The number of nitrogens with zero attached hydrogens (tertiary/aromatic N) is 1. The van der Waals surface area contributed by atoms with Crippen molar-refractivity contribution in [3.8, 4) is 11.5 Å². The van der Waals surface area contributed by atoms with Crippen molar-refractivity contribution in [3.63, 3.8) is 0 Å². The first-order chi connectivity index (χ1) is 12.2. The molecule has 7 heteroatoms. The zero-order valence-electron chi connectivity index (χ0n) is 14.4. The molecule has 136 valence electrons. The molecule has 2 aliphatic heterocycles.